The summed E-state index contributed by atoms with van der Waals surface area (Å²) < 4.78 is 0. The Morgan fingerprint density at radius 2 is 2.00 bits per heavy atom. The second-order valence-corrected chi connectivity index (χ2v) is 5.86. The van der Waals surface area contributed by atoms with Crippen molar-refractivity contribution in [2.75, 3.05) is 0 Å². The standard InChI is InChI=1S/C17H14Cl2N4/c1-10-8-13(10)12(5-2-6-20)15-14(11-4-3-7-21-9-11)22-16(18)17(19)23-15/h2-9,13H,20H2,1H3/b6-2-,12-5+. The Balaban J connectivity index is 2.19. The maximum atomic E-state index is 6.10. The maximum Gasteiger partial charge on any atom is 0.167 e. The Morgan fingerprint density at radius 3 is 2.61 bits per heavy atom. The third kappa shape index (κ3) is 3.28. The molecule has 0 spiro atoms. The van der Waals surface area contributed by atoms with E-state index in [0.717, 1.165) is 11.1 Å². The summed E-state index contributed by atoms with van der Waals surface area (Å²) >= 11 is 12.2. The molecule has 0 fully saturated rings. The minimum absolute atomic E-state index is 0.170. The first kappa shape index (κ1) is 15.7. The lowest BCUT2D eigenvalue weighted by molar-refractivity contribution is 1.10. The molecule has 1 aliphatic carbocycles. The molecule has 0 aliphatic heterocycles. The van der Waals surface area contributed by atoms with Crippen LogP contribution in [0.25, 0.3) is 16.8 Å². The van der Waals surface area contributed by atoms with E-state index >= 15 is 0 Å². The largest absolute Gasteiger partial charge is 0.405 e. The highest BCUT2D eigenvalue weighted by Crippen LogP contribution is 2.43. The summed E-state index contributed by atoms with van der Waals surface area (Å²) in [5.41, 5.74) is 9.89. The molecule has 0 saturated carbocycles. The van der Waals surface area contributed by atoms with Gasteiger partial charge in [0.1, 0.15) is 0 Å². The molecule has 23 heavy (non-hydrogen) atoms. The molecule has 1 unspecified atom stereocenters. The Labute approximate surface area is 144 Å². The Bertz CT molecular complexity index is 826. The summed E-state index contributed by atoms with van der Waals surface area (Å²) in [6.07, 6.45) is 10.7. The molecule has 3 rings (SSSR count). The van der Waals surface area contributed by atoms with E-state index in [-0.39, 0.29) is 16.2 Å². The molecule has 0 bridgehead atoms. The van der Waals surface area contributed by atoms with Crippen LogP contribution in [0.5, 0.6) is 0 Å². The van der Waals surface area contributed by atoms with Crippen LogP contribution in [-0.2, 0) is 0 Å². The van der Waals surface area contributed by atoms with Crippen molar-refractivity contribution in [3.05, 3.63) is 70.5 Å². The van der Waals surface area contributed by atoms with Gasteiger partial charge in [-0.2, -0.15) is 0 Å². The van der Waals surface area contributed by atoms with Crippen molar-refractivity contribution in [2.24, 2.45) is 11.7 Å². The summed E-state index contributed by atoms with van der Waals surface area (Å²) in [6, 6.07) is 3.75. The van der Waals surface area contributed by atoms with Gasteiger partial charge in [-0.05, 0) is 36.9 Å². The van der Waals surface area contributed by atoms with Gasteiger partial charge in [-0.25, -0.2) is 9.97 Å². The Kier molecular flexibility index (Phi) is 4.46. The van der Waals surface area contributed by atoms with Crippen LogP contribution in [0, 0.1) is 5.92 Å². The lowest BCUT2D eigenvalue weighted by Crippen LogP contribution is -2.01. The third-order valence-corrected chi connectivity index (χ3v) is 4.18. The third-order valence-electron chi connectivity index (χ3n) is 3.56. The molecule has 0 aromatic carbocycles. The molecular formula is C17H14Cl2N4. The average molecular weight is 345 g/mol. The van der Waals surface area contributed by atoms with Gasteiger partial charge in [-0.15, -0.1) is 0 Å². The number of aromatic nitrogens is 3. The van der Waals surface area contributed by atoms with Crippen LogP contribution >= 0.6 is 23.2 Å². The molecule has 0 amide bonds. The zero-order valence-corrected chi connectivity index (χ0v) is 13.9. The lowest BCUT2D eigenvalue weighted by Gasteiger charge is -2.13. The normalized spacial score (nSPS) is 17.4. The van der Waals surface area contributed by atoms with Crippen LogP contribution in [0.2, 0.25) is 10.3 Å². The van der Waals surface area contributed by atoms with E-state index in [1.807, 2.05) is 18.2 Å². The predicted octanol–water partition coefficient (Wildman–Crippen LogP) is 4.28. The minimum atomic E-state index is 0.170. The first-order chi connectivity index (χ1) is 11.1. The molecule has 2 N–H and O–H groups in total. The number of nitrogens with zero attached hydrogens (tertiary/aromatic N) is 3. The van der Waals surface area contributed by atoms with Gasteiger partial charge in [-0.1, -0.05) is 40.9 Å². The fourth-order valence-corrected chi connectivity index (χ4v) is 2.59. The number of hydrogen-bond acceptors (Lipinski definition) is 4. The van der Waals surface area contributed by atoms with Crippen molar-refractivity contribution in [1.29, 1.82) is 0 Å². The molecule has 1 aliphatic rings. The number of halogens is 2. The van der Waals surface area contributed by atoms with Gasteiger partial charge in [0.05, 0.1) is 11.4 Å². The fourth-order valence-electron chi connectivity index (χ4n) is 2.34. The van der Waals surface area contributed by atoms with Gasteiger partial charge >= 0.3 is 0 Å². The van der Waals surface area contributed by atoms with Gasteiger partial charge in [0, 0.05) is 23.9 Å². The first-order valence-corrected chi connectivity index (χ1v) is 7.78. The molecule has 0 radical (unpaired) electrons. The van der Waals surface area contributed by atoms with Crippen molar-refractivity contribution in [3.63, 3.8) is 0 Å². The van der Waals surface area contributed by atoms with Crippen LogP contribution in [-0.4, -0.2) is 15.0 Å². The number of hydrogen-bond donors (Lipinski definition) is 1. The highest BCUT2D eigenvalue weighted by Gasteiger charge is 2.29. The summed E-state index contributed by atoms with van der Waals surface area (Å²) in [5.74, 6) is 0.216. The SMILES string of the molecule is CC1=CC1/C(=C\C=C/N)c1nc(Cl)c(Cl)nc1-c1cccnc1. The van der Waals surface area contributed by atoms with E-state index in [2.05, 4.69) is 28.0 Å². The van der Waals surface area contributed by atoms with E-state index in [9.17, 15) is 0 Å². The van der Waals surface area contributed by atoms with Gasteiger partial charge in [0.25, 0.3) is 0 Å². The van der Waals surface area contributed by atoms with Crippen LogP contribution < -0.4 is 5.73 Å². The highest BCUT2D eigenvalue weighted by molar-refractivity contribution is 6.40. The Hall–Kier alpha value is -2.17. The topological polar surface area (TPSA) is 64.7 Å². The molecule has 6 heteroatoms. The monoisotopic (exact) mass is 344 g/mol. The second kappa shape index (κ2) is 6.52. The highest BCUT2D eigenvalue weighted by atomic mass is 35.5. The van der Waals surface area contributed by atoms with E-state index in [1.54, 1.807) is 18.5 Å². The molecule has 2 aromatic rings. The van der Waals surface area contributed by atoms with E-state index in [1.165, 1.54) is 11.8 Å². The van der Waals surface area contributed by atoms with Crippen molar-refractivity contribution in [1.82, 2.24) is 15.0 Å². The predicted molar refractivity (Wildman–Crippen MR) is 93.8 cm³/mol. The van der Waals surface area contributed by atoms with E-state index in [0.29, 0.717) is 11.4 Å². The number of pyridine rings is 1. The maximum absolute atomic E-state index is 6.10. The molecule has 1 atom stereocenters. The summed E-state index contributed by atoms with van der Waals surface area (Å²) in [6.45, 7) is 2.07. The van der Waals surface area contributed by atoms with Gasteiger partial charge in [0.2, 0.25) is 0 Å². The van der Waals surface area contributed by atoms with Gasteiger partial charge in [-0.3, -0.25) is 4.98 Å². The van der Waals surface area contributed by atoms with E-state index in [4.69, 9.17) is 28.9 Å². The van der Waals surface area contributed by atoms with Crippen LogP contribution in [0.1, 0.15) is 12.6 Å². The van der Waals surface area contributed by atoms with Crippen molar-refractivity contribution in [3.8, 4) is 11.3 Å². The fraction of sp³-hybridized carbons (Fsp3) is 0.118. The van der Waals surface area contributed by atoms with Crippen LogP contribution in [0.15, 0.2) is 54.5 Å². The Morgan fingerprint density at radius 1 is 1.26 bits per heavy atom. The summed E-state index contributed by atoms with van der Waals surface area (Å²) in [4.78, 5) is 13.0. The zero-order chi connectivity index (χ0) is 16.4. The number of allylic oxidation sites excluding steroid dienone is 5. The van der Waals surface area contributed by atoms with Crippen LogP contribution in [0.3, 0.4) is 0 Å². The van der Waals surface area contributed by atoms with E-state index < -0.39 is 0 Å². The van der Waals surface area contributed by atoms with Crippen LogP contribution in [0.4, 0.5) is 0 Å². The molecule has 4 nitrogen and oxygen atoms in total. The smallest absolute Gasteiger partial charge is 0.167 e. The molecule has 2 heterocycles. The minimum Gasteiger partial charge on any atom is -0.405 e. The zero-order valence-electron chi connectivity index (χ0n) is 12.4. The van der Waals surface area contributed by atoms with Gasteiger partial charge in [0.15, 0.2) is 10.3 Å². The first-order valence-electron chi connectivity index (χ1n) is 7.02. The molecule has 116 valence electrons. The second-order valence-electron chi connectivity index (χ2n) is 5.14. The number of rotatable bonds is 4. The lowest BCUT2D eigenvalue weighted by atomic mass is 9.99. The van der Waals surface area contributed by atoms with Crippen molar-refractivity contribution in [2.45, 2.75) is 6.92 Å². The molecular weight excluding hydrogens is 331 g/mol. The summed E-state index contributed by atoms with van der Waals surface area (Å²) in [5, 5.41) is 0.346. The summed E-state index contributed by atoms with van der Waals surface area (Å²) in [7, 11) is 0. The van der Waals surface area contributed by atoms with Crippen molar-refractivity contribution >= 4 is 28.8 Å². The molecule has 0 saturated heterocycles. The quantitative estimate of drug-likeness (QED) is 0.664. The van der Waals surface area contributed by atoms with Crippen molar-refractivity contribution < 1.29 is 0 Å². The number of nitrogens with two attached hydrogens (primary N) is 1. The van der Waals surface area contributed by atoms with Gasteiger partial charge < -0.3 is 5.73 Å². The molecule has 2 aromatic heterocycles. The average Bonchev–Trinajstić information content (AvgIpc) is 3.28.